The third-order valence-corrected chi connectivity index (χ3v) is 4.11. The van der Waals surface area contributed by atoms with Crippen molar-refractivity contribution in [1.29, 1.82) is 5.41 Å². The predicted molar refractivity (Wildman–Crippen MR) is 90.6 cm³/mol. The molecule has 3 N–H and O–H groups in total. The summed E-state index contributed by atoms with van der Waals surface area (Å²) in [6.45, 7) is 0.0824. The minimum atomic E-state index is -0.911. The van der Waals surface area contributed by atoms with Crippen LogP contribution in [0, 0.1) is 5.41 Å². The Morgan fingerprint density at radius 2 is 2.12 bits per heavy atom. The lowest BCUT2D eigenvalue weighted by molar-refractivity contribution is 0.0942. The third kappa shape index (κ3) is 3.06. The molecule has 25 heavy (non-hydrogen) atoms. The van der Waals surface area contributed by atoms with Crippen LogP contribution in [-0.4, -0.2) is 31.5 Å². The van der Waals surface area contributed by atoms with Crippen LogP contribution in [0.15, 0.2) is 29.2 Å². The molecule has 1 amide bonds. The maximum atomic E-state index is 12.3. The van der Waals surface area contributed by atoms with Gasteiger partial charge in [-0.05, 0) is 23.6 Å². The van der Waals surface area contributed by atoms with Crippen molar-refractivity contribution >= 4 is 40.6 Å². The summed E-state index contributed by atoms with van der Waals surface area (Å²) in [5.41, 5.74) is -0.748. The van der Waals surface area contributed by atoms with Crippen molar-refractivity contribution in [3.8, 4) is 5.75 Å². The number of amides is 1. The average Bonchev–Trinajstić information content (AvgIpc) is 3.02. The zero-order chi connectivity index (χ0) is 18.1. The number of hydrogen-bond acceptors (Lipinski definition) is 6. The number of aromatic hydroxyl groups is 1. The molecule has 2 aromatic heterocycles. The summed E-state index contributed by atoms with van der Waals surface area (Å²) in [6.07, 6.45) is 1.19. The van der Waals surface area contributed by atoms with E-state index in [0.717, 1.165) is 4.52 Å². The first-order valence-electron chi connectivity index (χ1n) is 6.85. The van der Waals surface area contributed by atoms with Crippen LogP contribution in [0.25, 0.3) is 5.65 Å². The van der Waals surface area contributed by atoms with E-state index in [4.69, 9.17) is 28.6 Å². The quantitative estimate of drug-likeness (QED) is 0.579. The van der Waals surface area contributed by atoms with Gasteiger partial charge < -0.3 is 10.4 Å². The van der Waals surface area contributed by atoms with Crippen molar-refractivity contribution in [2.24, 2.45) is 0 Å². The van der Waals surface area contributed by atoms with Crippen LogP contribution in [0.1, 0.15) is 16.1 Å². The van der Waals surface area contributed by atoms with Crippen LogP contribution in [0.3, 0.4) is 0 Å². The van der Waals surface area contributed by atoms with Gasteiger partial charge in [0.25, 0.3) is 5.91 Å². The van der Waals surface area contributed by atoms with Crippen LogP contribution < -0.4 is 16.1 Å². The molecule has 0 fully saturated rings. The Morgan fingerprint density at radius 3 is 2.80 bits per heavy atom. The molecule has 0 unspecified atom stereocenters. The minimum absolute atomic E-state index is 0.0440. The van der Waals surface area contributed by atoms with Gasteiger partial charge in [0.15, 0.2) is 11.3 Å². The summed E-state index contributed by atoms with van der Waals surface area (Å²) in [5.74, 6) is 0.459. The minimum Gasteiger partial charge on any atom is -0.501 e. The van der Waals surface area contributed by atoms with Crippen molar-refractivity contribution in [2.75, 3.05) is 0 Å². The third-order valence-electron chi connectivity index (χ3n) is 3.37. The zero-order valence-corrected chi connectivity index (χ0v) is 13.9. The Hall–Kier alpha value is -2.93. The van der Waals surface area contributed by atoms with Gasteiger partial charge in [0.05, 0.1) is 16.2 Å². The maximum absolute atomic E-state index is 12.3. The molecule has 0 aliphatic heterocycles. The van der Waals surface area contributed by atoms with Gasteiger partial charge >= 0.3 is 5.56 Å². The average molecular weight is 378 g/mol. The van der Waals surface area contributed by atoms with Gasteiger partial charge in [0.2, 0.25) is 5.75 Å². The highest BCUT2D eigenvalue weighted by Gasteiger charge is 2.20. The Kier molecular flexibility index (Phi) is 4.41. The molecular weight excluding hydrogens is 369 g/mol. The number of carbonyl (C=O) groups is 1. The van der Waals surface area contributed by atoms with Gasteiger partial charge in [-0.25, -0.2) is 4.98 Å². The van der Waals surface area contributed by atoms with Crippen molar-refractivity contribution < 1.29 is 9.90 Å². The number of carbonyl (C=O) groups excluding carboxylic acids is 1. The Labute approximate surface area is 149 Å². The number of nitrogens with zero attached hydrogens (tertiary/aromatic N) is 3. The number of aromatic nitrogens is 3. The molecule has 1 aromatic carbocycles. The number of rotatable bonds is 3. The fraction of sp³-hybridized carbons (Fsp3) is 0.0667. The monoisotopic (exact) mass is 377 g/mol. The van der Waals surface area contributed by atoms with Crippen molar-refractivity contribution in [3.63, 3.8) is 0 Å². The lowest BCUT2D eigenvalue weighted by Gasteiger charge is -2.07. The second-order valence-electron chi connectivity index (χ2n) is 4.96. The van der Waals surface area contributed by atoms with Gasteiger partial charge in [-0.15, -0.1) is 0 Å². The molecule has 0 aliphatic carbocycles. The summed E-state index contributed by atoms with van der Waals surface area (Å²) in [5, 5.41) is 24.1. The van der Waals surface area contributed by atoms with Crippen molar-refractivity contribution in [1.82, 2.24) is 19.9 Å². The lowest BCUT2D eigenvalue weighted by atomic mass is 10.2. The van der Waals surface area contributed by atoms with Gasteiger partial charge in [-0.1, -0.05) is 29.3 Å². The number of halogens is 2. The molecule has 0 radical (unpaired) electrons. The fourth-order valence-corrected chi connectivity index (χ4v) is 2.44. The van der Waals surface area contributed by atoms with Gasteiger partial charge in [0.1, 0.15) is 5.22 Å². The molecule has 0 aliphatic rings. The van der Waals surface area contributed by atoms with E-state index < -0.39 is 22.9 Å². The first kappa shape index (κ1) is 16.9. The zero-order valence-electron chi connectivity index (χ0n) is 12.4. The smallest absolute Gasteiger partial charge is 0.317 e. The molecule has 2 heterocycles. The second-order valence-corrected chi connectivity index (χ2v) is 5.78. The maximum Gasteiger partial charge on any atom is 0.317 e. The molecule has 0 bridgehead atoms. The molecule has 0 saturated heterocycles. The Bertz CT molecular complexity index is 1140. The summed E-state index contributed by atoms with van der Waals surface area (Å²) < 4.78 is 0.794. The van der Waals surface area contributed by atoms with E-state index in [1.807, 2.05) is 0 Å². The number of fused-ring (bicyclic) bond motifs is 1. The van der Waals surface area contributed by atoms with Gasteiger partial charge in [0, 0.05) is 6.54 Å². The fourth-order valence-electron chi connectivity index (χ4n) is 2.12. The van der Waals surface area contributed by atoms with Crippen LogP contribution in [-0.2, 0) is 6.54 Å². The highest BCUT2D eigenvalue weighted by atomic mass is 35.5. The van der Waals surface area contributed by atoms with Gasteiger partial charge in [-0.2, -0.15) is 9.61 Å². The van der Waals surface area contributed by atoms with Gasteiger partial charge in [-0.3, -0.25) is 15.0 Å². The molecule has 126 valence electrons. The highest BCUT2D eigenvalue weighted by Crippen LogP contribution is 2.22. The molecule has 0 saturated carbocycles. The highest BCUT2D eigenvalue weighted by molar-refractivity contribution is 6.42. The summed E-state index contributed by atoms with van der Waals surface area (Å²) in [6, 6.07) is 4.84. The SMILES string of the molecule is N=C=c1cnn2c(=O)c(O)c(C(=O)NCc3ccc(Cl)c(Cl)c3)nc12. The summed E-state index contributed by atoms with van der Waals surface area (Å²) in [7, 11) is 0. The second kappa shape index (κ2) is 6.52. The van der Waals surface area contributed by atoms with E-state index in [2.05, 4.69) is 21.3 Å². The summed E-state index contributed by atoms with van der Waals surface area (Å²) >= 11 is 11.7. The molecular formula is C15H9Cl2N5O3. The molecule has 0 spiro atoms. The number of hydrogen-bond donors (Lipinski definition) is 3. The standard InChI is InChI=1S/C15H9Cl2N5O3/c16-9-2-1-7(3-10(9)17)5-19-14(24)11-12(23)15(25)22-13(21-11)8(4-18)6-20-22/h1-3,6,18,23H,5H2,(H,19,24). The Morgan fingerprint density at radius 1 is 1.36 bits per heavy atom. The van der Waals surface area contributed by atoms with E-state index >= 15 is 0 Å². The van der Waals surface area contributed by atoms with Crippen LogP contribution in [0.4, 0.5) is 0 Å². The van der Waals surface area contributed by atoms with Crippen LogP contribution in [0.2, 0.25) is 10.0 Å². The number of benzene rings is 1. The van der Waals surface area contributed by atoms with Crippen LogP contribution in [0.5, 0.6) is 5.75 Å². The van der Waals surface area contributed by atoms with Crippen molar-refractivity contribution in [3.05, 3.63) is 61.3 Å². The molecule has 8 nitrogen and oxygen atoms in total. The first-order valence-corrected chi connectivity index (χ1v) is 7.60. The molecule has 3 rings (SSSR count). The molecule has 10 heteroatoms. The molecule has 0 atom stereocenters. The first-order chi connectivity index (χ1) is 11.9. The topological polar surface area (TPSA) is 120 Å². The predicted octanol–water partition coefficient (Wildman–Crippen LogP) is 0.671. The van der Waals surface area contributed by atoms with E-state index in [1.54, 1.807) is 18.2 Å². The lowest BCUT2D eigenvalue weighted by Crippen LogP contribution is -2.28. The summed E-state index contributed by atoms with van der Waals surface area (Å²) in [4.78, 5) is 28.2. The normalized spacial score (nSPS) is 10.6. The van der Waals surface area contributed by atoms with Crippen molar-refractivity contribution in [2.45, 2.75) is 6.54 Å². The van der Waals surface area contributed by atoms with E-state index in [1.165, 1.54) is 6.20 Å². The van der Waals surface area contributed by atoms with E-state index in [0.29, 0.717) is 15.6 Å². The number of nitrogens with one attached hydrogen (secondary N) is 2. The van der Waals surface area contributed by atoms with E-state index in [9.17, 15) is 14.7 Å². The van der Waals surface area contributed by atoms with Crippen LogP contribution >= 0.6 is 23.2 Å². The Balaban J connectivity index is 1.94. The van der Waals surface area contributed by atoms with E-state index in [-0.39, 0.29) is 17.4 Å². The molecule has 3 aromatic rings. The largest absolute Gasteiger partial charge is 0.501 e.